The van der Waals surface area contributed by atoms with Gasteiger partial charge in [-0.15, -0.1) is 0 Å². The molecule has 0 fully saturated rings. The van der Waals surface area contributed by atoms with Gasteiger partial charge in [0.2, 0.25) is 11.8 Å². The maximum atomic E-state index is 12.3. The van der Waals surface area contributed by atoms with Gasteiger partial charge < -0.3 is 10.2 Å². The molecule has 0 heterocycles. The first kappa shape index (κ1) is 20.2. The van der Waals surface area contributed by atoms with Gasteiger partial charge in [0.15, 0.2) is 0 Å². The van der Waals surface area contributed by atoms with Gasteiger partial charge >= 0.3 is 0 Å². The van der Waals surface area contributed by atoms with Crippen molar-refractivity contribution in [1.82, 2.24) is 0 Å². The van der Waals surface area contributed by atoms with E-state index in [2.05, 4.69) is 19.2 Å². The van der Waals surface area contributed by atoms with E-state index in [9.17, 15) is 9.59 Å². The van der Waals surface area contributed by atoms with Crippen LogP contribution >= 0.6 is 0 Å². The van der Waals surface area contributed by atoms with Crippen LogP contribution in [0.4, 0.5) is 11.4 Å². The number of hydrogen-bond acceptors (Lipinski definition) is 3. The Morgan fingerprint density at radius 3 is 2.26 bits per heavy atom. The minimum absolute atomic E-state index is 0.0788. The van der Waals surface area contributed by atoms with Crippen LogP contribution in [0, 0.1) is 11.3 Å². The standard InChI is InChI=1S/C22H25N3O2/c1-4-18-9-7-10-19(5-2)22(18)25(16(3)26)13-12-21(27)24-20-11-6-8-17(14-20)15-23/h6-11,14H,4-5,12-13H2,1-3H3,(H,24,27). The van der Waals surface area contributed by atoms with Crippen LogP contribution < -0.4 is 10.2 Å². The number of nitrogens with one attached hydrogen (secondary N) is 1. The Kier molecular flexibility index (Phi) is 7.13. The highest BCUT2D eigenvalue weighted by molar-refractivity contribution is 5.96. The van der Waals surface area contributed by atoms with Gasteiger partial charge in [-0.2, -0.15) is 5.26 Å². The fourth-order valence-electron chi connectivity index (χ4n) is 3.09. The lowest BCUT2D eigenvalue weighted by atomic mass is 10.0. The SMILES string of the molecule is CCc1cccc(CC)c1N(CCC(=O)Nc1cccc(C#N)c1)C(C)=O. The van der Waals surface area contributed by atoms with Crippen molar-refractivity contribution in [2.75, 3.05) is 16.8 Å². The number of anilines is 2. The van der Waals surface area contributed by atoms with E-state index in [4.69, 9.17) is 5.26 Å². The van der Waals surface area contributed by atoms with Crippen LogP contribution in [0.25, 0.3) is 0 Å². The molecule has 0 bridgehead atoms. The maximum absolute atomic E-state index is 12.3. The van der Waals surface area contributed by atoms with Gasteiger partial charge in [-0.1, -0.05) is 38.1 Å². The normalized spacial score (nSPS) is 10.1. The molecular weight excluding hydrogens is 338 g/mol. The van der Waals surface area contributed by atoms with Crippen molar-refractivity contribution in [1.29, 1.82) is 5.26 Å². The smallest absolute Gasteiger partial charge is 0.226 e. The number of hydrogen-bond donors (Lipinski definition) is 1. The van der Waals surface area contributed by atoms with Crippen LogP contribution in [-0.4, -0.2) is 18.4 Å². The van der Waals surface area contributed by atoms with E-state index in [1.807, 2.05) is 24.3 Å². The molecule has 0 aromatic heterocycles. The number of carbonyl (C=O) groups excluding carboxylic acids is 2. The molecule has 2 aromatic carbocycles. The number of para-hydroxylation sites is 1. The van der Waals surface area contributed by atoms with E-state index < -0.39 is 0 Å². The third kappa shape index (κ3) is 5.18. The Morgan fingerprint density at radius 2 is 1.70 bits per heavy atom. The van der Waals surface area contributed by atoms with Crippen LogP contribution in [0.3, 0.4) is 0 Å². The van der Waals surface area contributed by atoms with E-state index in [1.165, 1.54) is 6.92 Å². The zero-order valence-corrected chi connectivity index (χ0v) is 16.1. The summed E-state index contributed by atoms with van der Waals surface area (Å²) in [6, 6.07) is 14.9. The Balaban J connectivity index is 2.15. The predicted molar refractivity (Wildman–Crippen MR) is 108 cm³/mol. The number of carbonyl (C=O) groups is 2. The Morgan fingerprint density at radius 1 is 1.07 bits per heavy atom. The molecule has 5 heteroatoms. The van der Waals surface area contributed by atoms with Gasteiger partial charge in [0.05, 0.1) is 11.6 Å². The molecule has 0 aliphatic heterocycles. The molecule has 140 valence electrons. The predicted octanol–water partition coefficient (Wildman–Crippen LogP) is 4.06. The van der Waals surface area contributed by atoms with Crippen molar-refractivity contribution >= 4 is 23.2 Å². The van der Waals surface area contributed by atoms with Gasteiger partial charge in [0.1, 0.15) is 0 Å². The van der Waals surface area contributed by atoms with Crippen molar-refractivity contribution in [3.63, 3.8) is 0 Å². The number of amides is 2. The second-order valence-corrected chi connectivity index (χ2v) is 6.29. The average molecular weight is 363 g/mol. The summed E-state index contributed by atoms with van der Waals surface area (Å²) < 4.78 is 0. The summed E-state index contributed by atoms with van der Waals surface area (Å²) in [4.78, 5) is 26.3. The largest absolute Gasteiger partial charge is 0.326 e. The molecule has 0 spiro atoms. The molecule has 2 amide bonds. The summed E-state index contributed by atoms with van der Waals surface area (Å²) in [5, 5.41) is 11.7. The zero-order chi connectivity index (χ0) is 19.8. The summed E-state index contributed by atoms with van der Waals surface area (Å²) in [7, 11) is 0. The number of nitriles is 1. The average Bonchev–Trinajstić information content (AvgIpc) is 2.67. The molecule has 1 N–H and O–H groups in total. The van der Waals surface area contributed by atoms with E-state index in [0.29, 0.717) is 17.8 Å². The van der Waals surface area contributed by atoms with Crippen LogP contribution in [0.2, 0.25) is 0 Å². The lowest BCUT2D eigenvalue weighted by Crippen LogP contribution is -2.33. The monoisotopic (exact) mass is 363 g/mol. The van der Waals surface area contributed by atoms with Crippen molar-refractivity contribution in [2.45, 2.75) is 40.0 Å². The molecule has 2 rings (SSSR count). The quantitative estimate of drug-likeness (QED) is 0.806. The number of aryl methyl sites for hydroxylation is 2. The van der Waals surface area contributed by atoms with Crippen LogP contribution in [0.1, 0.15) is 43.9 Å². The lowest BCUT2D eigenvalue weighted by molar-refractivity contribution is -0.117. The minimum atomic E-state index is -0.191. The fourth-order valence-corrected chi connectivity index (χ4v) is 3.09. The van der Waals surface area contributed by atoms with Crippen molar-refractivity contribution in [2.24, 2.45) is 0 Å². The van der Waals surface area contributed by atoms with E-state index >= 15 is 0 Å². The molecule has 5 nitrogen and oxygen atoms in total. The number of nitrogens with zero attached hydrogens (tertiary/aromatic N) is 2. The first-order valence-corrected chi connectivity index (χ1v) is 9.19. The maximum Gasteiger partial charge on any atom is 0.226 e. The van der Waals surface area contributed by atoms with Crippen molar-refractivity contribution in [3.8, 4) is 6.07 Å². The lowest BCUT2D eigenvalue weighted by Gasteiger charge is -2.26. The Hall–Kier alpha value is -3.13. The molecule has 0 radical (unpaired) electrons. The molecule has 0 saturated heterocycles. The Labute approximate surface area is 160 Å². The molecule has 0 aliphatic carbocycles. The summed E-state index contributed by atoms with van der Waals surface area (Å²) in [6.45, 7) is 5.96. The minimum Gasteiger partial charge on any atom is -0.326 e. The highest BCUT2D eigenvalue weighted by Gasteiger charge is 2.19. The second kappa shape index (κ2) is 9.54. The van der Waals surface area contributed by atoms with Gasteiger partial charge in [0.25, 0.3) is 0 Å². The van der Waals surface area contributed by atoms with Crippen molar-refractivity contribution < 1.29 is 9.59 Å². The molecule has 2 aromatic rings. The molecule has 0 unspecified atom stereocenters. The fraction of sp³-hybridized carbons (Fsp3) is 0.318. The van der Waals surface area contributed by atoms with Crippen LogP contribution in [0.15, 0.2) is 42.5 Å². The summed E-state index contributed by atoms with van der Waals surface area (Å²) >= 11 is 0. The third-order valence-corrected chi connectivity index (χ3v) is 4.45. The number of benzene rings is 2. The molecule has 0 aliphatic rings. The van der Waals surface area contributed by atoms with E-state index in [1.54, 1.807) is 29.2 Å². The molecular formula is C22H25N3O2. The van der Waals surface area contributed by atoms with Gasteiger partial charge in [-0.3, -0.25) is 9.59 Å². The third-order valence-electron chi connectivity index (χ3n) is 4.45. The Bertz CT molecular complexity index is 846. The van der Waals surface area contributed by atoms with Gasteiger partial charge in [0, 0.05) is 31.3 Å². The highest BCUT2D eigenvalue weighted by atomic mass is 16.2. The summed E-state index contributed by atoms with van der Waals surface area (Å²) in [5.41, 5.74) is 4.20. The number of rotatable bonds is 7. The van der Waals surface area contributed by atoms with Gasteiger partial charge in [-0.05, 0) is 42.2 Å². The molecule has 0 atom stereocenters. The van der Waals surface area contributed by atoms with Crippen LogP contribution in [0.5, 0.6) is 0 Å². The zero-order valence-electron chi connectivity index (χ0n) is 16.1. The molecule has 0 saturated carbocycles. The highest BCUT2D eigenvalue weighted by Crippen LogP contribution is 2.27. The second-order valence-electron chi connectivity index (χ2n) is 6.29. The first-order chi connectivity index (χ1) is 13.0. The van der Waals surface area contributed by atoms with E-state index in [-0.39, 0.29) is 18.2 Å². The van der Waals surface area contributed by atoms with Gasteiger partial charge in [-0.25, -0.2) is 0 Å². The molecule has 27 heavy (non-hydrogen) atoms. The van der Waals surface area contributed by atoms with Crippen molar-refractivity contribution in [3.05, 3.63) is 59.2 Å². The summed E-state index contributed by atoms with van der Waals surface area (Å²) in [6.07, 6.45) is 1.82. The van der Waals surface area contributed by atoms with E-state index in [0.717, 1.165) is 29.7 Å². The topological polar surface area (TPSA) is 73.2 Å². The summed E-state index contributed by atoms with van der Waals surface area (Å²) in [5.74, 6) is -0.270. The van der Waals surface area contributed by atoms with Crippen LogP contribution in [-0.2, 0) is 22.4 Å². The first-order valence-electron chi connectivity index (χ1n) is 9.19.